The van der Waals surface area contributed by atoms with Gasteiger partial charge in [-0.2, -0.15) is 0 Å². The first-order chi connectivity index (χ1) is 8.63. The van der Waals surface area contributed by atoms with E-state index in [1.807, 2.05) is 16.7 Å². The standard InChI is InChI=1S/C13H23N3O2/c1-3-13(18)16-9-5-7-12(16)14-11-6-4-8-15(11)10(2)17/h11-12,14H,3-9H2,1-2H3. The van der Waals surface area contributed by atoms with Gasteiger partial charge < -0.3 is 9.80 Å². The Morgan fingerprint density at radius 1 is 1.11 bits per heavy atom. The van der Waals surface area contributed by atoms with Crippen molar-refractivity contribution >= 4 is 11.8 Å². The second kappa shape index (κ2) is 5.69. The van der Waals surface area contributed by atoms with Gasteiger partial charge in [0.25, 0.3) is 0 Å². The molecule has 2 fully saturated rings. The predicted molar refractivity (Wildman–Crippen MR) is 68.6 cm³/mol. The summed E-state index contributed by atoms with van der Waals surface area (Å²) in [6.07, 6.45) is 4.86. The number of carbonyl (C=O) groups is 2. The highest BCUT2D eigenvalue weighted by Crippen LogP contribution is 2.21. The van der Waals surface area contributed by atoms with Crippen molar-refractivity contribution in [1.82, 2.24) is 15.1 Å². The summed E-state index contributed by atoms with van der Waals surface area (Å²) in [6.45, 7) is 5.19. The Morgan fingerprint density at radius 2 is 1.67 bits per heavy atom. The molecule has 0 spiro atoms. The Labute approximate surface area is 108 Å². The van der Waals surface area contributed by atoms with E-state index in [9.17, 15) is 9.59 Å². The molecular weight excluding hydrogens is 230 g/mol. The van der Waals surface area contributed by atoms with Gasteiger partial charge in [-0.25, -0.2) is 0 Å². The lowest BCUT2D eigenvalue weighted by Crippen LogP contribution is -2.53. The van der Waals surface area contributed by atoms with Gasteiger partial charge in [-0.15, -0.1) is 0 Å². The number of hydrogen-bond donors (Lipinski definition) is 1. The van der Waals surface area contributed by atoms with Crippen molar-refractivity contribution in [3.05, 3.63) is 0 Å². The van der Waals surface area contributed by atoms with Gasteiger partial charge >= 0.3 is 0 Å². The van der Waals surface area contributed by atoms with Crippen LogP contribution < -0.4 is 5.32 Å². The molecule has 102 valence electrons. The summed E-state index contributed by atoms with van der Waals surface area (Å²) in [5.74, 6) is 0.328. The number of likely N-dealkylation sites (tertiary alicyclic amines) is 2. The Kier molecular flexibility index (Phi) is 4.22. The van der Waals surface area contributed by atoms with Gasteiger partial charge in [-0.05, 0) is 25.7 Å². The lowest BCUT2D eigenvalue weighted by atomic mass is 10.3. The van der Waals surface area contributed by atoms with Crippen molar-refractivity contribution in [3.63, 3.8) is 0 Å². The van der Waals surface area contributed by atoms with Crippen LogP contribution >= 0.6 is 0 Å². The SMILES string of the molecule is CCC(=O)N1CCCC1NC1CCCN1C(C)=O. The summed E-state index contributed by atoms with van der Waals surface area (Å²) < 4.78 is 0. The topological polar surface area (TPSA) is 52.7 Å². The molecule has 2 aliphatic heterocycles. The molecule has 0 radical (unpaired) electrons. The molecule has 18 heavy (non-hydrogen) atoms. The van der Waals surface area contributed by atoms with E-state index in [0.29, 0.717) is 6.42 Å². The molecule has 2 unspecified atom stereocenters. The van der Waals surface area contributed by atoms with Crippen LogP contribution in [0.15, 0.2) is 0 Å². The van der Waals surface area contributed by atoms with Crippen LogP contribution in [0.5, 0.6) is 0 Å². The predicted octanol–water partition coefficient (Wildman–Crippen LogP) is 0.903. The van der Waals surface area contributed by atoms with Gasteiger partial charge in [-0.3, -0.25) is 14.9 Å². The van der Waals surface area contributed by atoms with Crippen LogP contribution in [0.1, 0.15) is 46.0 Å². The highest BCUT2D eigenvalue weighted by atomic mass is 16.2. The average Bonchev–Trinajstić information content (AvgIpc) is 2.97. The summed E-state index contributed by atoms with van der Waals surface area (Å²) >= 11 is 0. The maximum atomic E-state index is 11.8. The summed E-state index contributed by atoms with van der Waals surface area (Å²) in [5.41, 5.74) is 0. The molecular formula is C13H23N3O2. The highest BCUT2D eigenvalue weighted by Gasteiger charge is 2.33. The van der Waals surface area contributed by atoms with Crippen molar-refractivity contribution in [2.24, 2.45) is 0 Å². The average molecular weight is 253 g/mol. The van der Waals surface area contributed by atoms with Gasteiger partial charge in [0.1, 0.15) is 0 Å². The van der Waals surface area contributed by atoms with Crippen LogP contribution in [-0.4, -0.2) is 47.0 Å². The Morgan fingerprint density at radius 3 is 2.22 bits per heavy atom. The summed E-state index contributed by atoms with van der Waals surface area (Å²) in [6, 6.07) is 0. The third-order valence-electron chi connectivity index (χ3n) is 3.92. The maximum Gasteiger partial charge on any atom is 0.223 e. The normalized spacial score (nSPS) is 27.9. The Bertz CT molecular complexity index is 332. The van der Waals surface area contributed by atoms with Crippen molar-refractivity contribution in [2.75, 3.05) is 13.1 Å². The Balaban J connectivity index is 1.96. The zero-order valence-corrected chi connectivity index (χ0v) is 11.3. The molecule has 2 saturated heterocycles. The van der Waals surface area contributed by atoms with E-state index in [1.165, 1.54) is 0 Å². The van der Waals surface area contributed by atoms with Crippen molar-refractivity contribution in [3.8, 4) is 0 Å². The molecule has 2 rings (SSSR count). The van der Waals surface area contributed by atoms with E-state index in [1.54, 1.807) is 6.92 Å². The fourth-order valence-corrected chi connectivity index (χ4v) is 2.98. The zero-order chi connectivity index (χ0) is 13.1. The van der Waals surface area contributed by atoms with E-state index < -0.39 is 0 Å². The van der Waals surface area contributed by atoms with E-state index in [0.717, 1.165) is 38.8 Å². The van der Waals surface area contributed by atoms with Crippen LogP contribution in [-0.2, 0) is 9.59 Å². The monoisotopic (exact) mass is 253 g/mol. The number of amides is 2. The van der Waals surface area contributed by atoms with Gasteiger partial charge in [-0.1, -0.05) is 6.92 Å². The fraction of sp³-hybridized carbons (Fsp3) is 0.846. The minimum Gasteiger partial charge on any atom is -0.327 e. The van der Waals surface area contributed by atoms with Crippen LogP contribution in [0.2, 0.25) is 0 Å². The second-order valence-corrected chi connectivity index (χ2v) is 5.14. The van der Waals surface area contributed by atoms with E-state index in [2.05, 4.69) is 5.32 Å². The minimum absolute atomic E-state index is 0.109. The van der Waals surface area contributed by atoms with E-state index in [4.69, 9.17) is 0 Å². The third kappa shape index (κ3) is 2.66. The molecule has 0 saturated carbocycles. The molecule has 5 heteroatoms. The molecule has 0 aromatic carbocycles. The number of nitrogens with zero attached hydrogens (tertiary/aromatic N) is 2. The van der Waals surface area contributed by atoms with Crippen molar-refractivity contribution < 1.29 is 9.59 Å². The number of carbonyl (C=O) groups excluding carboxylic acids is 2. The molecule has 0 aromatic rings. The van der Waals surface area contributed by atoms with Crippen molar-refractivity contribution in [2.45, 2.75) is 58.3 Å². The molecule has 0 bridgehead atoms. The Hall–Kier alpha value is -1.10. The first kappa shape index (κ1) is 13.3. The highest BCUT2D eigenvalue weighted by molar-refractivity contribution is 5.76. The smallest absolute Gasteiger partial charge is 0.223 e. The molecule has 0 aromatic heterocycles. The first-order valence-corrected chi connectivity index (χ1v) is 6.96. The van der Waals surface area contributed by atoms with Gasteiger partial charge in [0, 0.05) is 26.4 Å². The number of rotatable bonds is 3. The lowest BCUT2D eigenvalue weighted by Gasteiger charge is -2.32. The second-order valence-electron chi connectivity index (χ2n) is 5.14. The molecule has 5 nitrogen and oxygen atoms in total. The molecule has 0 aliphatic carbocycles. The van der Waals surface area contributed by atoms with Crippen LogP contribution in [0.3, 0.4) is 0 Å². The fourth-order valence-electron chi connectivity index (χ4n) is 2.98. The summed E-state index contributed by atoms with van der Waals surface area (Å²) in [5, 5.41) is 3.48. The van der Waals surface area contributed by atoms with E-state index >= 15 is 0 Å². The molecule has 2 amide bonds. The molecule has 2 heterocycles. The quantitative estimate of drug-likeness (QED) is 0.813. The van der Waals surface area contributed by atoms with Crippen molar-refractivity contribution in [1.29, 1.82) is 0 Å². The van der Waals surface area contributed by atoms with Crippen LogP contribution in [0, 0.1) is 0 Å². The number of hydrogen-bond acceptors (Lipinski definition) is 3. The van der Waals surface area contributed by atoms with Gasteiger partial charge in [0.05, 0.1) is 12.3 Å². The number of nitrogens with one attached hydrogen (secondary N) is 1. The minimum atomic E-state index is 0.109. The zero-order valence-electron chi connectivity index (χ0n) is 11.3. The van der Waals surface area contributed by atoms with E-state index in [-0.39, 0.29) is 24.1 Å². The van der Waals surface area contributed by atoms with Gasteiger partial charge in [0.15, 0.2) is 0 Å². The summed E-state index contributed by atoms with van der Waals surface area (Å²) in [7, 11) is 0. The van der Waals surface area contributed by atoms with Gasteiger partial charge in [0.2, 0.25) is 11.8 Å². The van der Waals surface area contributed by atoms with Crippen LogP contribution in [0.4, 0.5) is 0 Å². The summed E-state index contributed by atoms with van der Waals surface area (Å²) in [4.78, 5) is 27.1. The molecule has 2 atom stereocenters. The molecule has 1 N–H and O–H groups in total. The van der Waals surface area contributed by atoms with Crippen LogP contribution in [0.25, 0.3) is 0 Å². The lowest BCUT2D eigenvalue weighted by molar-refractivity contribution is -0.133. The maximum absolute atomic E-state index is 11.8. The molecule has 2 aliphatic rings. The third-order valence-corrected chi connectivity index (χ3v) is 3.92. The first-order valence-electron chi connectivity index (χ1n) is 6.96. The largest absolute Gasteiger partial charge is 0.327 e.